The number of hydrogen-bond donors (Lipinski definition) is 1. The second-order valence-electron chi connectivity index (χ2n) is 5.72. The molecule has 0 aliphatic carbocycles. The van der Waals surface area contributed by atoms with Crippen LogP contribution in [0.25, 0.3) is 22.5 Å². The highest BCUT2D eigenvalue weighted by molar-refractivity contribution is 5.76. The van der Waals surface area contributed by atoms with Gasteiger partial charge >= 0.3 is 0 Å². The largest absolute Gasteiger partial charge is 0.463 e. The first-order chi connectivity index (χ1) is 13.3. The van der Waals surface area contributed by atoms with Crippen LogP contribution in [0.4, 0.5) is 10.3 Å². The van der Waals surface area contributed by atoms with Crippen molar-refractivity contribution in [1.82, 2.24) is 9.97 Å². The molecule has 6 heteroatoms. The lowest BCUT2D eigenvalue weighted by Gasteiger charge is -2.08. The Kier molecular flexibility index (Phi) is 4.70. The van der Waals surface area contributed by atoms with E-state index in [-0.39, 0.29) is 5.82 Å². The van der Waals surface area contributed by atoms with Gasteiger partial charge in [0.25, 0.3) is 0 Å². The first-order valence-corrected chi connectivity index (χ1v) is 8.31. The van der Waals surface area contributed by atoms with E-state index >= 15 is 0 Å². The Hall–Kier alpha value is -3.80. The Morgan fingerprint density at radius 1 is 0.852 bits per heavy atom. The Bertz CT molecular complexity index is 1050. The number of aromatic nitrogens is 2. The molecule has 0 aliphatic rings. The van der Waals surface area contributed by atoms with E-state index in [2.05, 4.69) is 20.5 Å². The van der Waals surface area contributed by atoms with Crippen LogP contribution in [0.2, 0.25) is 0 Å². The Labute approximate surface area is 155 Å². The van der Waals surface area contributed by atoms with E-state index in [1.165, 1.54) is 18.3 Å². The maximum absolute atomic E-state index is 13.3. The van der Waals surface area contributed by atoms with Crippen molar-refractivity contribution < 1.29 is 8.81 Å². The van der Waals surface area contributed by atoms with Crippen molar-refractivity contribution in [3.8, 4) is 22.5 Å². The van der Waals surface area contributed by atoms with Crippen molar-refractivity contribution in [3.63, 3.8) is 0 Å². The van der Waals surface area contributed by atoms with Gasteiger partial charge in [-0.15, -0.1) is 0 Å². The summed E-state index contributed by atoms with van der Waals surface area (Å²) in [7, 11) is 0. The van der Waals surface area contributed by atoms with E-state index in [1.54, 1.807) is 30.5 Å². The molecule has 1 N–H and O–H groups in total. The molecule has 132 valence electrons. The molecule has 2 heterocycles. The average Bonchev–Trinajstić information content (AvgIpc) is 3.22. The molecule has 27 heavy (non-hydrogen) atoms. The fourth-order valence-electron chi connectivity index (χ4n) is 2.54. The Morgan fingerprint density at radius 3 is 2.22 bits per heavy atom. The molecule has 4 rings (SSSR count). The number of rotatable bonds is 5. The Morgan fingerprint density at radius 2 is 1.56 bits per heavy atom. The standard InChI is InChI=1S/C21H15FN4O/c22-17-10-8-16(9-11-17)20-13-19(15-5-2-1-3-6-15)24-21(25-20)26-23-14-18-7-4-12-27-18/h1-14H,(H,24,25,26)/b23-14+. The van der Waals surface area contributed by atoms with Crippen molar-refractivity contribution in [2.75, 3.05) is 5.43 Å². The summed E-state index contributed by atoms with van der Waals surface area (Å²) in [5, 5.41) is 4.11. The maximum Gasteiger partial charge on any atom is 0.244 e. The zero-order chi connectivity index (χ0) is 18.5. The molecule has 5 nitrogen and oxygen atoms in total. The smallest absolute Gasteiger partial charge is 0.244 e. The van der Waals surface area contributed by atoms with Crippen LogP contribution >= 0.6 is 0 Å². The fraction of sp³-hybridized carbons (Fsp3) is 0. The minimum Gasteiger partial charge on any atom is -0.463 e. The van der Waals surface area contributed by atoms with Crippen LogP contribution in [0, 0.1) is 5.82 Å². The molecule has 0 bridgehead atoms. The highest BCUT2D eigenvalue weighted by Gasteiger charge is 2.08. The predicted octanol–water partition coefficient (Wildman–Crippen LogP) is 4.99. The molecule has 0 atom stereocenters. The van der Waals surface area contributed by atoms with Gasteiger partial charge in [0, 0.05) is 11.1 Å². The zero-order valence-electron chi connectivity index (χ0n) is 14.2. The predicted molar refractivity (Wildman–Crippen MR) is 103 cm³/mol. The lowest BCUT2D eigenvalue weighted by Crippen LogP contribution is -2.00. The molecule has 4 aromatic rings. The van der Waals surface area contributed by atoms with Crippen LogP contribution in [0.3, 0.4) is 0 Å². The van der Waals surface area contributed by atoms with Gasteiger partial charge in [0.2, 0.25) is 5.95 Å². The summed E-state index contributed by atoms with van der Waals surface area (Å²) in [6.07, 6.45) is 3.11. The van der Waals surface area contributed by atoms with Gasteiger partial charge in [-0.3, -0.25) is 0 Å². The first kappa shape index (κ1) is 16.7. The molecule has 2 aromatic heterocycles. The van der Waals surface area contributed by atoms with Gasteiger partial charge in [-0.25, -0.2) is 19.8 Å². The van der Waals surface area contributed by atoms with Crippen LogP contribution in [0.1, 0.15) is 5.76 Å². The quantitative estimate of drug-likeness (QED) is 0.403. The van der Waals surface area contributed by atoms with Gasteiger partial charge < -0.3 is 4.42 Å². The number of anilines is 1. The van der Waals surface area contributed by atoms with E-state index in [9.17, 15) is 4.39 Å². The average molecular weight is 358 g/mol. The van der Waals surface area contributed by atoms with Crippen LogP contribution in [0.15, 0.2) is 88.6 Å². The summed E-state index contributed by atoms with van der Waals surface area (Å²) < 4.78 is 18.5. The Balaban J connectivity index is 1.71. The first-order valence-electron chi connectivity index (χ1n) is 8.31. The molecule has 0 unspecified atom stereocenters. The van der Waals surface area contributed by atoms with Crippen LogP contribution < -0.4 is 5.43 Å². The number of hydrazone groups is 1. The summed E-state index contributed by atoms with van der Waals surface area (Å²) in [5.74, 6) is 0.649. The van der Waals surface area contributed by atoms with E-state index in [1.807, 2.05) is 36.4 Å². The third-order valence-electron chi connectivity index (χ3n) is 3.84. The highest BCUT2D eigenvalue weighted by atomic mass is 19.1. The lowest BCUT2D eigenvalue weighted by molar-refractivity contribution is 0.560. The van der Waals surface area contributed by atoms with Crippen molar-refractivity contribution >= 4 is 12.2 Å². The van der Waals surface area contributed by atoms with Gasteiger partial charge in [0.1, 0.15) is 11.6 Å². The molecule has 0 fully saturated rings. The summed E-state index contributed by atoms with van der Waals surface area (Å²) >= 11 is 0. The molecule has 0 aliphatic heterocycles. The summed E-state index contributed by atoms with van der Waals surface area (Å²) in [5.41, 5.74) is 5.96. The van der Waals surface area contributed by atoms with Crippen LogP contribution in [0.5, 0.6) is 0 Å². The minimum absolute atomic E-state index is 0.294. The SMILES string of the molecule is Fc1ccc(-c2cc(-c3ccccc3)nc(N/N=C/c3ccco3)n2)cc1. The van der Waals surface area contributed by atoms with E-state index in [0.717, 1.165) is 16.8 Å². The summed E-state index contributed by atoms with van der Waals surface area (Å²) in [4.78, 5) is 9.01. The van der Waals surface area contributed by atoms with E-state index < -0.39 is 0 Å². The van der Waals surface area contributed by atoms with Crippen molar-refractivity contribution in [2.24, 2.45) is 5.10 Å². The normalized spacial score (nSPS) is 11.0. The number of benzene rings is 2. The van der Waals surface area contributed by atoms with Gasteiger partial charge in [-0.05, 0) is 42.5 Å². The lowest BCUT2D eigenvalue weighted by atomic mass is 10.1. The van der Waals surface area contributed by atoms with Gasteiger partial charge in [0.15, 0.2) is 0 Å². The fourth-order valence-corrected chi connectivity index (χ4v) is 2.54. The highest BCUT2D eigenvalue weighted by Crippen LogP contribution is 2.25. The van der Waals surface area contributed by atoms with Gasteiger partial charge in [0.05, 0.1) is 23.9 Å². The van der Waals surface area contributed by atoms with Gasteiger partial charge in [-0.1, -0.05) is 30.3 Å². The van der Waals surface area contributed by atoms with Crippen molar-refractivity contribution in [2.45, 2.75) is 0 Å². The third kappa shape index (κ3) is 4.07. The summed E-state index contributed by atoms with van der Waals surface area (Å²) in [6, 6.07) is 21.4. The minimum atomic E-state index is -0.294. The second kappa shape index (κ2) is 7.61. The molecular formula is C21H15FN4O. The van der Waals surface area contributed by atoms with E-state index in [0.29, 0.717) is 17.4 Å². The number of hydrogen-bond acceptors (Lipinski definition) is 5. The second-order valence-corrected chi connectivity index (χ2v) is 5.72. The topological polar surface area (TPSA) is 63.3 Å². The molecule has 0 radical (unpaired) electrons. The van der Waals surface area contributed by atoms with Crippen LogP contribution in [-0.2, 0) is 0 Å². The summed E-state index contributed by atoms with van der Waals surface area (Å²) in [6.45, 7) is 0. The molecule has 0 saturated carbocycles. The molecule has 0 saturated heterocycles. The maximum atomic E-state index is 13.3. The number of halogens is 1. The number of furan rings is 1. The van der Waals surface area contributed by atoms with Crippen molar-refractivity contribution in [3.05, 3.63) is 90.6 Å². The molecule has 2 aromatic carbocycles. The zero-order valence-corrected chi connectivity index (χ0v) is 14.2. The number of nitrogens with one attached hydrogen (secondary N) is 1. The third-order valence-corrected chi connectivity index (χ3v) is 3.84. The molecular weight excluding hydrogens is 343 g/mol. The molecule has 0 spiro atoms. The van der Waals surface area contributed by atoms with Crippen LogP contribution in [-0.4, -0.2) is 16.2 Å². The van der Waals surface area contributed by atoms with E-state index in [4.69, 9.17) is 4.42 Å². The van der Waals surface area contributed by atoms with Crippen molar-refractivity contribution in [1.29, 1.82) is 0 Å². The molecule has 0 amide bonds. The van der Waals surface area contributed by atoms with Gasteiger partial charge in [-0.2, -0.15) is 5.10 Å². The number of nitrogens with zero attached hydrogens (tertiary/aromatic N) is 3. The monoisotopic (exact) mass is 358 g/mol.